The second-order valence-electron chi connectivity index (χ2n) is 9.61. The monoisotopic (exact) mass is 538 g/mol. The summed E-state index contributed by atoms with van der Waals surface area (Å²) in [5.41, 5.74) is 1.78. The Balaban J connectivity index is 1.33. The van der Waals surface area contributed by atoms with Crippen molar-refractivity contribution in [2.75, 3.05) is 28.7 Å². The second-order valence-corrected chi connectivity index (χ2v) is 9.61. The van der Waals surface area contributed by atoms with E-state index in [-0.39, 0.29) is 23.6 Å². The van der Waals surface area contributed by atoms with Crippen molar-refractivity contribution in [1.29, 1.82) is 0 Å². The highest BCUT2D eigenvalue weighted by atomic mass is 19.4. The van der Waals surface area contributed by atoms with Gasteiger partial charge in [-0.2, -0.15) is 18.3 Å². The molecule has 2 unspecified atom stereocenters. The number of rotatable bonds is 5. The zero-order valence-electron chi connectivity index (χ0n) is 20.7. The van der Waals surface area contributed by atoms with E-state index in [4.69, 9.17) is 9.72 Å². The van der Waals surface area contributed by atoms with Gasteiger partial charge >= 0.3 is 12.2 Å². The van der Waals surface area contributed by atoms with E-state index in [1.807, 2.05) is 0 Å². The van der Waals surface area contributed by atoms with Crippen LogP contribution in [0.4, 0.5) is 35.2 Å². The number of alkyl halides is 3. The number of anilines is 3. The van der Waals surface area contributed by atoms with Gasteiger partial charge in [0.25, 0.3) is 0 Å². The summed E-state index contributed by atoms with van der Waals surface area (Å²) in [6.45, 7) is -0.178. The van der Waals surface area contributed by atoms with Gasteiger partial charge in [-0.1, -0.05) is 0 Å². The first-order valence-electron chi connectivity index (χ1n) is 12.6. The molecule has 2 aliphatic rings. The molecule has 2 N–H and O–H groups in total. The molecule has 0 spiro atoms. The molecule has 0 radical (unpaired) electrons. The van der Waals surface area contributed by atoms with Gasteiger partial charge in [-0.25, -0.2) is 19.4 Å². The Morgan fingerprint density at radius 3 is 2.44 bits per heavy atom. The van der Waals surface area contributed by atoms with Gasteiger partial charge in [-0.15, -0.1) is 0 Å². The number of benzene rings is 1. The van der Waals surface area contributed by atoms with Crippen molar-refractivity contribution in [1.82, 2.24) is 24.7 Å². The van der Waals surface area contributed by atoms with Crippen LogP contribution in [0.3, 0.4) is 0 Å². The van der Waals surface area contributed by atoms with E-state index < -0.39 is 18.8 Å². The highest BCUT2D eigenvalue weighted by Crippen LogP contribution is 2.37. The number of carbonyl (C=O) groups excluding carboxylic acids is 1. The number of nitrogens with one attached hydrogen (secondary N) is 2. The molecule has 2 bridgehead atoms. The first kappa shape index (κ1) is 25.0. The van der Waals surface area contributed by atoms with E-state index in [0.29, 0.717) is 41.4 Å². The highest BCUT2D eigenvalue weighted by Gasteiger charge is 2.38. The molecular formula is C26H25F3N8O2. The summed E-state index contributed by atoms with van der Waals surface area (Å²) < 4.78 is 46.6. The lowest BCUT2D eigenvalue weighted by Gasteiger charge is -2.46. The fraction of sp³-hybridized carbons (Fsp3) is 0.346. The van der Waals surface area contributed by atoms with Crippen molar-refractivity contribution in [3.63, 3.8) is 0 Å². The minimum absolute atomic E-state index is 0.0827. The van der Waals surface area contributed by atoms with Crippen LogP contribution in [0.1, 0.15) is 19.3 Å². The number of piperidine rings is 1. The van der Waals surface area contributed by atoms with E-state index in [1.54, 1.807) is 42.6 Å². The predicted octanol–water partition coefficient (Wildman–Crippen LogP) is 4.85. The molecule has 2 saturated heterocycles. The standard InChI is InChI=1S/C26H25F3N8O2/c27-26(28,29)15-36-23-21(12-31-36)24(37-19-4-1-5-20(37)14-39-13-19)35-22(34-23)16-6-8-17(9-7-16)32-25(38)33-18-3-2-10-30-11-18/h2-3,6-12,19-20H,1,4-5,13-15H2,(H2,32,33,38). The van der Waals surface area contributed by atoms with E-state index in [9.17, 15) is 18.0 Å². The van der Waals surface area contributed by atoms with Crippen LogP contribution in [0.5, 0.6) is 0 Å². The van der Waals surface area contributed by atoms with Crippen LogP contribution < -0.4 is 15.5 Å². The van der Waals surface area contributed by atoms with Crippen molar-refractivity contribution in [2.45, 2.75) is 44.1 Å². The van der Waals surface area contributed by atoms with Crippen LogP contribution in [0, 0.1) is 0 Å². The summed E-state index contributed by atoms with van der Waals surface area (Å²) in [6.07, 6.45) is 2.98. The Morgan fingerprint density at radius 1 is 1.00 bits per heavy atom. The molecular weight excluding hydrogens is 513 g/mol. The largest absolute Gasteiger partial charge is 0.408 e. The van der Waals surface area contributed by atoms with E-state index in [2.05, 4.69) is 30.6 Å². The fourth-order valence-electron chi connectivity index (χ4n) is 5.16. The summed E-state index contributed by atoms with van der Waals surface area (Å²) in [5, 5.41) is 9.93. The van der Waals surface area contributed by atoms with Gasteiger partial charge < -0.3 is 20.3 Å². The molecule has 0 saturated carbocycles. The first-order chi connectivity index (χ1) is 18.8. The molecule has 10 nitrogen and oxygen atoms in total. The number of aromatic nitrogens is 5. The zero-order valence-corrected chi connectivity index (χ0v) is 20.7. The molecule has 39 heavy (non-hydrogen) atoms. The van der Waals surface area contributed by atoms with Crippen LogP contribution in [0.2, 0.25) is 0 Å². The van der Waals surface area contributed by atoms with Crippen LogP contribution in [-0.4, -0.2) is 62.2 Å². The molecule has 2 aliphatic heterocycles. The number of ether oxygens (including phenoxy) is 1. The summed E-state index contributed by atoms with van der Waals surface area (Å²) in [5.74, 6) is 0.844. The Bertz CT molecular complexity index is 1450. The predicted molar refractivity (Wildman–Crippen MR) is 138 cm³/mol. The number of halogens is 3. The number of hydrogen-bond donors (Lipinski definition) is 2. The van der Waals surface area contributed by atoms with Gasteiger partial charge in [-0.3, -0.25) is 4.98 Å². The van der Waals surface area contributed by atoms with Crippen molar-refractivity contribution in [2.24, 2.45) is 0 Å². The highest BCUT2D eigenvalue weighted by molar-refractivity contribution is 5.99. The molecule has 4 aromatic rings. The quantitative estimate of drug-likeness (QED) is 0.374. The molecule has 1 aromatic carbocycles. The lowest BCUT2D eigenvalue weighted by molar-refractivity contribution is -0.141. The third-order valence-electron chi connectivity index (χ3n) is 6.85. The van der Waals surface area contributed by atoms with Gasteiger partial charge in [0, 0.05) is 17.4 Å². The summed E-state index contributed by atoms with van der Waals surface area (Å²) in [7, 11) is 0. The number of amides is 2. The number of nitrogens with zero attached hydrogens (tertiary/aromatic N) is 6. The fourth-order valence-corrected chi connectivity index (χ4v) is 5.16. The average molecular weight is 539 g/mol. The topological polar surface area (TPSA) is 110 Å². The second kappa shape index (κ2) is 10.1. The van der Waals surface area contributed by atoms with Gasteiger partial charge in [-0.05, 0) is 55.7 Å². The number of carbonyl (C=O) groups is 1. The first-order valence-corrected chi connectivity index (χ1v) is 12.6. The van der Waals surface area contributed by atoms with Crippen molar-refractivity contribution in [3.05, 3.63) is 55.0 Å². The van der Waals surface area contributed by atoms with Gasteiger partial charge in [0.2, 0.25) is 0 Å². The minimum atomic E-state index is -4.45. The lowest BCUT2D eigenvalue weighted by atomic mass is 9.94. The maximum atomic E-state index is 13.3. The summed E-state index contributed by atoms with van der Waals surface area (Å²) >= 11 is 0. The smallest absolute Gasteiger partial charge is 0.377 e. The Labute approximate surface area is 221 Å². The minimum Gasteiger partial charge on any atom is -0.377 e. The molecule has 6 rings (SSSR count). The Hall–Kier alpha value is -4.26. The summed E-state index contributed by atoms with van der Waals surface area (Å²) in [4.78, 5) is 27.8. The Morgan fingerprint density at radius 2 is 1.74 bits per heavy atom. The number of pyridine rings is 1. The van der Waals surface area contributed by atoms with E-state index >= 15 is 0 Å². The van der Waals surface area contributed by atoms with Crippen LogP contribution in [0.25, 0.3) is 22.4 Å². The Kier molecular flexibility index (Phi) is 6.51. The van der Waals surface area contributed by atoms with Crippen molar-refractivity contribution >= 4 is 34.3 Å². The molecule has 2 fully saturated rings. The van der Waals surface area contributed by atoms with Gasteiger partial charge in [0.15, 0.2) is 11.5 Å². The zero-order chi connectivity index (χ0) is 27.0. The normalized spacial score (nSPS) is 19.2. The van der Waals surface area contributed by atoms with Crippen LogP contribution in [0.15, 0.2) is 55.0 Å². The number of hydrogen-bond acceptors (Lipinski definition) is 7. The van der Waals surface area contributed by atoms with Crippen LogP contribution >= 0.6 is 0 Å². The third kappa shape index (κ3) is 5.35. The third-order valence-corrected chi connectivity index (χ3v) is 6.85. The van der Waals surface area contributed by atoms with Crippen LogP contribution in [-0.2, 0) is 11.3 Å². The maximum absolute atomic E-state index is 13.3. The molecule has 0 aliphatic carbocycles. The van der Waals surface area contributed by atoms with E-state index in [0.717, 1.165) is 23.9 Å². The maximum Gasteiger partial charge on any atom is 0.408 e. The lowest BCUT2D eigenvalue weighted by Crippen LogP contribution is -2.55. The van der Waals surface area contributed by atoms with Crippen molar-refractivity contribution < 1.29 is 22.7 Å². The summed E-state index contributed by atoms with van der Waals surface area (Å²) in [6, 6.07) is 9.95. The number of fused-ring (bicyclic) bond motifs is 3. The van der Waals surface area contributed by atoms with Gasteiger partial charge in [0.05, 0.1) is 48.8 Å². The SMILES string of the molecule is O=C(Nc1ccc(-c2nc(N3C4CCCC3COC4)c3cnn(CC(F)(F)F)c3n2)cc1)Nc1cccnc1. The van der Waals surface area contributed by atoms with E-state index in [1.165, 1.54) is 12.4 Å². The molecule has 3 aromatic heterocycles. The molecule has 5 heterocycles. The van der Waals surface area contributed by atoms with Crippen molar-refractivity contribution in [3.8, 4) is 11.4 Å². The van der Waals surface area contributed by atoms with Gasteiger partial charge in [0.1, 0.15) is 12.4 Å². The molecule has 2 atom stereocenters. The molecule has 13 heteroatoms. The number of morpholine rings is 1. The average Bonchev–Trinajstić information content (AvgIpc) is 3.30. The number of urea groups is 1. The molecule has 2 amide bonds. The molecule has 202 valence electrons.